The summed E-state index contributed by atoms with van der Waals surface area (Å²) in [5, 5.41) is 0.695. The number of aryl methyl sites for hydroxylation is 1. The Bertz CT molecular complexity index is 1010. The molecule has 0 aliphatic rings. The molecule has 0 atom stereocenters. The number of rotatable bonds is 6. The van der Waals surface area contributed by atoms with Crippen LogP contribution in [-0.2, 0) is 13.1 Å². The lowest BCUT2D eigenvalue weighted by Gasteiger charge is -2.21. The Balaban J connectivity index is 1.63. The molecule has 0 spiro atoms. The van der Waals surface area contributed by atoms with Gasteiger partial charge in [0.15, 0.2) is 10.8 Å². The number of carbonyl (C=O) groups excluding carboxylic acids is 1. The molecule has 0 radical (unpaired) electrons. The monoisotopic (exact) mass is 379 g/mol. The van der Waals surface area contributed by atoms with E-state index in [0.29, 0.717) is 35.3 Å². The molecule has 0 N–H and O–H groups in total. The van der Waals surface area contributed by atoms with E-state index in [4.69, 9.17) is 8.83 Å². The van der Waals surface area contributed by atoms with Crippen LogP contribution in [0, 0.1) is 6.92 Å². The van der Waals surface area contributed by atoms with Gasteiger partial charge in [0.25, 0.3) is 5.91 Å². The van der Waals surface area contributed by atoms with Crippen LogP contribution in [0.2, 0.25) is 0 Å². The van der Waals surface area contributed by atoms with Crippen LogP contribution in [-0.4, -0.2) is 20.8 Å². The molecule has 0 aromatic carbocycles. The number of carbonyl (C=O) groups is 1. The average Bonchev–Trinajstić information content (AvgIpc) is 3.43. The molecule has 136 valence electrons. The zero-order chi connectivity index (χ0) is 18.6. The number of thiazole rings is 1. The Hall–Kier alpha value is -3.19. The van der Waals surface area contributed by atoms with Crippen molar-refractivity contribution in [1.82, 2.24) is 14.9 Å². The first-order valence-corrected chi connectivity index (χ1v) is 9.24. The number of pyridine rings is 1. The molecule has 4 heterocycles. The summed E-state index contributed by atoms with van der Waals surface area (Å²) < 4.78 is 10.8. The molecule has 0 unspecified atom stereocenters. The van der Waals surface area contributed by atoms with Gasteiger partial charge in [0.1, 0.15) is 11.5 Å². The van der Waals surface area contributed by atoms with Crippen LogP contribution in [0.4, 0.5) is 0 Å². The van der Waals surface area contributed by atoms with Crippen LogP contribution in [0.3, 0.4) is 0 Å². The predicted octanol–water partition coefficient (Wildman–Crippen LogP) is 4.54. The van der Waals surface area contributed by atoms with Crippen LogP contribution < -0.4 is 0 Å². The van der Waals surface area contributed by atoms with Crippen molar-refractivity contribution in [3.05, 3.63) is 83.2 Å². The van der Waals surface area contributed by atoms with E-state index < -0.39 is 0 Å². The van der Waals surface area contributed by atoms with Crippen molar-refractivity contribution in [2.24, 2.45) is 0 Å². The normalized spacial score (nSPS) is 10.9. The summed E-state index contributed by atoms with van der Waals surface area (Å²) in [6, 6.07) is 11.1. The summed E-state index contributed by atoms with van der Waals surface area (Å²) in [5.41, 5.74) is 1.37. The van der Waals surface area contributed by atoms with Crippen LogP contribution in [0.5, 0.6) is 0 Å². The number of hydrogen-bond donors (Lipinski definition) is 0. The van der Waals surface area contributed by atoms with E-state index in [2.05, 4.69) is 9.97 Å². The third-order valence-electron chi connectivity index (χ3n) is 4.04. The van der Waals surface area contributed by atoms with Gasteiger partial charge in [0.2, 0.25) is 0 Å². The number of hydrogen-bond acceptors (Lipinski definition) is 6. The van der Waals surface area contributed by atoms with Crippen molar-refractivity contribution in [1.29, 1.82) is 0 Å². The van der Waals surface area contributed by atoms with Gasteiger partial charge in [0.05, 0.1) is 19.1 Å². The lowest BCUT2D eigenvalue weighted by atomic mass is 10.2. The van der Waals surface area contributed by atoms with Gasteiger partial charge < -0.3 is 13.7 Å². The van der Waals surface area contributed by atoms with Crippen LogP contribution in [0.1, 0.15) is 26.7 Å². The first-order valence-electron chi connectivity index (χ1n) is 8.42. The smallest absolute Gasteiger partial charge is 0.274 e. The number of amides is 1. The summed E-state index contributed by atoms with van der Waals surface area (Å²) in [5.74, 6) is 1.22. The van der Waals surface area contributed by atoms with Crippen LogP contribution >= 0.6 is 11.3 Å². The quantitative estimate of drug-likeness (QED) is 0.492. The van der Waals surface area contributed by atoms with Gasteiger partial charge in [-0.05, 0) is 42.8 Å². The van der Waals surface area contributed by atoms with Crippen molar-refractivity contribution in [2.45, 2.75) is 20.0 Å². The fourth-order valence-electron chi connectivity index (χ4n) is 2.75. The van der Waals surface area contributed by atoms with Gasteiger partial charge in [-0.3, -0.25) is 9.78 Å². The molecule has 0 aliphatic heterocycles. The summed E-state index contributed by atoms with van der Waals surface area (Å²) in [7, 11) is 0. The van der Waals surface area contributed by atoms with Crippen molar-refractivity contribution >= 4 is 17.2 Å². The molecule has 27 heavy (non-hydrogen) atoms. The van der Waals surface area contributed by atoms with Crippen molar-refractivity contribution in [2.75, 3.05) is 0 Å². The van der Waals surface area contributed by atoms with Crippen molar-refractivity contribution in [3.63, 3.8) is 0 Å². The highest BCUT2D eigenvalue weighted by Gasteiger charge is 2.24. The summed E-state index contributed by atoms with van der Waals surface area (Å²) >= 11 is 1.44. The van der Waals surface area contributed by atoms with E-state index in [9.17, 15) is 4.79 Å². The Labute approximate surface area is 160 Å². The molecule has 0 bridgehead atoms. The summed E-state index contributed by atoms with van der Waals surface area (Å²) in [6.07, 6.45) is 6.66. The standard InChI is InChI=1S/C20H17N3O3S/c1-14-18(22-19(27-14)17-7-4-10-26-17)20(24)23(13-16-6-3-9-25-16)12-15-5-2-8-21-11-15/h2-11H,12-13H2,1H3. The van der Waals surface area contributed by atoms with Gasteiger partial charge in [-0.1, -0.05) is 6.07 Å². The minimum absolute atomic E-state index is 0.151. The van der Waals surface area contributed by atoms with Gasteiger partial charge in [-0.2, -0.15) is 0 Å². The van der Waals surface area contributed by atoms with Gasteiger partial charge in [0, 0.05) is 23.8 Å². The Morgan fingerprint density at radius 2 is 1.96 bits per heavy atom. The minimum atomic E-state index is -0.151. The first-order chi connectivity index (χ1) is 13.2. The second kappa shape index (κ2) is 7.59. The second-order valence-electron chi connectivity index (χ2n) is 6.00. The van der Waals surface area contributed by atoms with Crippen LogP contribution in [0.25, 0.3) is 10.8 Å². The highest BCUT2D eigenvalue weighted by Crippen LogP contribution is 2.29. The molecule has 0 aliphatic carbocycles. The molecular formula is C20H17N3O3S. The molecule has 0 saturated heterocycles. The van der Waals surface area contributed by atoms with Crippen LogP contribution in [0.15, 0.2) is 70.2 Å². The molecule has 7 heteroatoms. The van der Waals surface area contributed by atoms with E-state index >= 15 is 0 Å². The maximum absolute atomic E-state index is 13.3. The molecule has 0 fully saturated rings. The van der Waals surface area contributed by atoms with Gasteiger partial charge >= 0.3 is 0 Å². The van der Waals surface area contributed by atoms with Gasteiger partial charge in [-0.15, -0.1) is 11.3 Å². The highest BCUT2D eigenvalue weighted by atomic mass is 32.1. The largest absolute Gasteiger partial charge is 0.467 e. The highest BCUT2D eigenvalue weighted by molar-refractivity contribution is 7.15. The van der Waals surface area contributed by atoms with Crippen molar-refractivity contribution < 1.29 is 13.6 Å². The Morgan fingerprint density at radius 1 is 1.11 bits per heavy atom. The van der Waals surface area contributed by atoms with Gasteiger partial charge in [-0.25, -0.2) is 4.98 Å². The Kier molecular flexibility index (Phi) is 4.84. The molecule has 4 rings (SSSR count). The number of nitrogens with zero attached hydrogens (tertiary/aromatic N) is 3. The third-order valence-corrected chi connectivity index (χ3v) is 5.03. The van der Waals surface area contributed by atoms with E-state index in [0.717, 1.165) is 10.4 Å². The van der Waals surface area contributed by atoms with Crippen molar-refractivity contribution in [3.8, 4) is 10.8 Å². The van der Waals surface area contributed by atoms with E-state index in [1.54, 1.807) is 35.9 Å². The molecule has 1 amide bonds. The SMILES string of the molecule is Cc1sc(-c2ccco2)nc1C(=O)N(Cc1cccnc1)Cc1ccco1. The summed E-state index contributed by atoms with van der Waals surface area (Å²) in [4.78, 5) is 24.5. The molecule has 6 nitrogen and oxygen atoms in total. The Morgan fingerprint density at radius 3 is 2.67 bits per heavy atom. The first kappa shape index (κ1) is 17.2. The minimum Gasteiger partial charge on any atom is -0.467 e. The third kappa shape index (κ3) is 3.83. The number of aromatic nitrogens is 2. The lowest BCUT2D eigenvalue weighted by molar-refractivity contribution is 0.0711. The van der Waals surface area contributed by atoms with E-state index in [1.807, 2.05) is 37.3 Å². The predicted molar refractivity (Wildman–Crippen MR) is 101 cm³/mol. The second-order valence-corrected chi connectivity index (χ2v) is 7.21. The lowest BCUT2D eigenvalue weighted by Crippen LogP contribution is -2.30. The fraction of sp³-hybridized carbons (Fsp3) is 0.150. The van der Waals surface area contributed by atoms with E-state index in [-0.39, 0.29) is 5.91 Å². The molecule has 0 saturated carbocycles. The molecule has 4 aromatic heterocycles. The molecular weight excluding hydrogens is 362 g/mol. The average molecular weight is 379 g/mol. The van der Waals surface area contributed by atoms with E-state index in [1.165, 1.54) is 11.3 Å². The fourth-order valence-corrected chi connectivity index (χ4v) is 3.63. The maximum atomic E-state index is 13.3. The summed E-state index contributed by atoms with van der Waals surface area (Å²) in [6.45, 7) is 2.67. The zero-order valence-corrected chi connectivity index (χ0v) is 15.5. The maximum Gasteiger partial charge on any atom is 0.274 e. The topological polar surface area (TPSA) is 72.4 Å². The number of furan rings is 2. The molecule has 4 aromatic rings. The zero-order valence-electron chi connectivity index (χ0n) is 14.7.